The van der Waals surface area contributed by atoms with Crippen LogP contribution in [0.15, 0.2) is 35.5 Å². The van der Waals surface area contributed by atoms with Crippen molar-refractivity contribution < 1.29 is 9.53 Å². The molecule has 28 heavy (non-hydrogen) atoms. The summed E-state index contributed by atoms with van der Waals surface area (Å²) < 4.78 is 7.14. The Balaban J connectivity index is 1.72. The molecule has 1 atom stereocenters. The van der Waals surface area contributed by atoms with Crippen LogP contribution in [0.5, 0.6) is 0 Å². The number of nitrogens with one attached hydrogen (secondary N) is 1. The first-order valence-electron chi connectivity index (χ1n) is 9.80. The summed E-state index contributed by atoms with van der Waals surface area (Å²) in [5.41, 5.74) is 1.02. The van der Waals surface area contributed by atoms with Crippen molar-refractivity contribution in [1.29, 1.82) is 0 Å². The van der Waals surface area contributed by atoms with E-state index in [1.165, 1.54) is 31.0 Å². The summed E-state index contributed by atoms with van der Waals surface area (Å²) in [5.74, 6) is 1.18. The minimum atomic E-state index is -0.0326. The zero-order valence-electron chi connectivity index (χ0n) is 16.6. The molecule has 2 aromatic rings. The fourth-order valence-corrected chi connectivity index (χ4v) is 4.17. The van der Waals surface area contributed by atoms with Crippen LogP contribution in [0.4, 0.5) is 0 Å². The SMILES string of the molecule is COCC(C)NC(=O)CSc1nnc(CN2CCCCC2)n1-c1ccccc1. The third-order valence-electron chi connectivity index (χ3n) is 4.68. The molecule has 1 aromatic carbocycles. The zero-order chi connectivity index (χ0) is 19.8. The molecule has 0 bridgehead atoms. The van der Waals surface area contributed by atoms with Crippen LogP contribution in [0, 0.1) is 0 Å². The van der Waals surface area contributed by atoms with Gasteiger partial charge in [0.1, 0.15) is 0 Å². The first kappa shape index (κ1) is 20.8. The highest BCUT2D eigenvalue weighted by Crippen LogP contribution is 2.23. The molecule has 7 nitrogen and oxygen atoms in total. The van der Waals surface area contributed by atoms with Crippen LogP contribution in [-0.4, -0.2) is 64.2 Å². The van der Waals surface area contributed by atoms with E-state index >= 15 is 0 Å². The molecule has 2 heterocycles. The lowest BCUT2D eigenvalue weighted by molar-refractivity contribution is -0.119. The van der Waals surface area contributed by atoms with Gasteiger partial charge in [0.05, 0.1) is 18.9 Å². The fourth-order valence-electron chi connectivity index (χ4n) is 3.39. The van der Waals surface area contributed by atoms with Gasteiger partial charge in [0, 0.05) is 18.8 Å². The van der Waals surface area contributed by atoms with Gasteiger partial charge in [-0.3, -0.25) is 14.3 Å². The van der Waals surface area contributed by atoms with Crippen LogP contribution in [0.2, 0.25) is 0 Å². The molecular weight excluding hydrogens is 374 g/mol. The molecule has 0 spiro atoms. The Labute approximate surface area is 170 Å². The van der Waals surface area contributed by atoms with Gasteiger partial charge in [0.25, 0.3) is 0 Å². The van der Waals surface area contributed by atoms with Gasteiger partial charge in [-0.2, -0.15) is 0 Å². The third-order valence-corrected chi connectivity index (χ3v) is 5.61. The first-order valence-corrected chi connectivity index (χ1v) is 10.8. The number of piperidine rings is 1. The summed E-state index contributed by atoms with van der Waals surface area (Å²) in [4.78, 5) is 14.7. The molecule has 8 heteroatoms. The number of ether oxygens (including phenoxy) is 1. The van der Waals surface area contributed by atoms with Crippen molar-refractivity contribution in [2.45, 2.75) is 43.9 Å². The van der Waals surface area contributed by atoms with Gasteiger partial charge < -0.3 is 10.1 Å². The highest BCUT2D eigenvalue weighted by atomic mass is 32.2. The Morgan fingerprint density at radius 3 is 2.68 bits per heavy atom. The monoisotopic (exact) mass is 403 g/mol. The molecule has 0 saturated carbocycles. The smallest absolute Gasteiger partial charge is 0.230 e. The standard InChI is InChI=1S/C20H29N5O2S/c1-16(14-27-2)21-19(26)15-28-20-23-22-18(13-24-11-7-4-8-12-24)25(20)17-9-5-3-6-10-17/h3,5-6,9-10,16H,4,7-8,11-15H2,1-2H3,(H,21,26). The maximum absolute atomic E-state index is 12.2. The second-order valence-corrected chi connectivity index (χ2v) is 8.06. The maximum Gasteiger partial charge on any atom is 0.230 e. The second kappa shape index (κ2) is 10.6. The van der Waals surface area contributed by atoms with E-state index in [1.807, 2.05) is 37.3 Å². The molecule has 152 valence electrons. The number of aromatic nitrogens is 3. The summed E-state index contributed by atoms with van der Waals surface area (Å²) in [7, 11) is 1.63. The van der Waals surface area contributed by atoms with E-state index in [-0.39, 0.29) is 11.9 Å². The topological polar surface area (TPSA) is 72.3 Å². The highest BCUT2D eigenvalue weighted by molar-refractivity contribution is 7.99. The van der Waals surface area contributed by atoms with Gasteiger partial charge in [0.2, 0.25) is 5.91 Å². The minimum absolute atomic E-state index is 0.0141. The van der Waals surface area contributed by atoms with Gasteiger partial charge in [-0.15, -0.1) is 10.2 Å². The average molecular weight is 404 g/mol. The van der Waals surface area contributed by atoms with Crippen molar-refractivity contribution in [1.82, 2.24) is 25.0 Å². The van der Waals surface area contributed by atoms with Crippen LogP contribution in [0.3, 0.4) is 0 Å². The zero-order valence-corrected chi connectivity index (χ0v) is 17.5. The number of amides is 1. The Kier molecular flexibility index (Phi) is 7.88. The van der Waals surface area contributed by atoms with Crippen molar-refractivity contribution in [3.8, 4) is 5.69 Å². The maximum atomic E-state index is 12.2. The quantitative estimate of drug-likeness (QED) is 0.649. The van der Waals surface area contributed by atoms with Crippen molar-refractivity contribution >= 4 is 17.7 Å². The molecule has 1 fully saturated rings. The summed E-state index contributed by atoms with van der Waals surface area (Å²) in [6, 6.07) is 10.1. The van der Waals surface area contributed by atoms with E-state index in [0.29, 0.717) is 12.4 Å². The molecule has 1 N–H and O–H groups in total. The van der Waals surface area contributed by atoms with E-state index in [9.17, 15) is 4.79 Å². The van der Waals surface area contributed by atoms with Crippen molar-refractivity contribution in [3.63, 3.8) is 0 Å². The largest absolute Gasteiger partial charge is 0.383 e. The highest BCUT2D eigenvalue weighted by Gasteiger charge is 2.19. The van der Waals surface area contributed by atoms with E-state index in [4.69, 9.17) is 4.74 Å². The number of para-hydroxylation sites is 1. The van der Waals surface area contributed by atoms with Crippen molar-refractivity contribution in [2.24, 2.45) is 0 Å². The van der Waals surface area contributed by atoms with Crippen LogP contribution in [0.25, 0.3) is 5.69 Å². The summed E-state index contributed by atoms with van der Waals surface area (Å²) in [6.07, 6.45) is 3.78. The number of thioether (sulfide) groups is 1. The van der Waals surface area contributed by atoms with E-state index < -0.39 is 0 Å². The predicted molar refractivity (Wildman–Crippen MR) is 111 cm³/mol. The molecule has 1 aliphatic heterocycles. The molecule has 0 radical (unpaired) electrons. The summed E-state index contributed by atoms with van der Waals surface area (Å²) >= 11 is 1.41. The molecule has 1 amide bonds. The number of likely N-dealkylation sites (tertiary alicyclic amines) is 1. The summed E-state index contributed by atoms with van der Waals surface area (Å²) in [5, 5.41) is 12.5. The van der Waals surface area contributed by atoms with Crippen LogP contribution in [-0.2, 0) is 16.1 Å². The van der Waals surface area contributed by atoms with E-state index in [2.05, 4.69) is 25.0 Å². The van der Waals surface area contributed by atoms with E-state index in [1.54, 1.807) is 7.11 Å². The number of carbonyl (C=O) groups is 1. The van der Waals surface area contributed by atoms with Crippen LogP contribution in [0.1, 0.15) is 32.0 Å². The number of carbonyl (C=O) groups excluding carboxylic acids is 1. The molecule has 1 unspecified atom stereocenters. The second-order valence-electron chi connectivity index (χ2n) is 7.12. The predicted octanol–water partition coefficient (Wildman–Crippen LogP) is 2.50. The Morgan fingerprint density at radius 2 is 1.96 bits per heavy atom. The molecule has 3 rings (SSSR count). The lowest BCUT2D eigenvalue weighted by atomic mass is 10.1. The van der Waals surface area contributed by atoms with Gasteiger partial charge >= 0.3 is 0 Å². The Morgan fingerprint density at radius 1 is 1.21 bits per heavy atom. The van der Waals surface area contributed by atoms with Gasteiger partial charge in [-0.1, -0.05) is 36.4 Å². The molecule has 1 aromatic heterocycles. The van der Waals surface area contributed by atoms with Gasteiger partial charge in [-0.25, -0.2) is 0 Å². The number of nitrogens with zero attached hydrogens (tertiary/aromatic N) is 4. The minimum Gasteiger partial charge on any atom is -0.383 e. The average Bonchev–Trinajstić information content (AvgIpc) is 3.10. The number of rotatable bonds is 9. The van der Waals surface area contributed by atoms with Crippen molar-refractivity contribution in [3.05, 3.63) is 36.2 Å². The summed E-state index contributed by atoms with van der Waals surface area (Å²) in [6.45, 7) is 5.40. The Hall–Kier alpha value is -1.90. The van der Waals surface area contributed by atoms with Gasteiger partial charge in [-0.05, 0) is 45.0 Å². The van der Waals surface area contributed by atoms with Crippen molar-refractivity contribution in [2.75, 3.05) is 32.6 Å². The van der Waals surface area contributed by atoms with Gasteiger partial charge in [0.15, 0.2) is 11.0 Å². The number of hydrogen-bond acceptors (Lipinski definition) is 6. The molecular formula is C20H29N5O2S. The number of benzene rings is 1. The van der Waals surface area contributed by atoms with Crippen LogP contribution < -0.4 is 5.32 Å². The van der Waals surface area contributed by atoms with E-state index in [0.717, 1.165) is 36.3 Å². The lowest BCUT2D eigenvalue weighted by Crippen LogP contribution is -2.36. The lowest BCUT2D eigenvalue weighted by Gasteiger charge is -2.26. The fraction of sp³-hybridized carbons (Fsp3) is 0.550. The number of hydrogen-bond donors (Lipinski definition) is 1. The normalized spacial score (nSPS) is 16.1. The molecule has 0 aliphatic carbocycles. The number of methoxy groups -OCH3 is 1. The molecule has 1 saturated heterocycles. The first-order chi connectivity index (χ1) is 13.7. The third kappa shape index (κ3) is 5.80. The van der Waals surface area contributed by atoms with Crippen LogP contribution >= 0.6 is 11.8 Å². The Bertz CT molecular complexity index is 746. The molecule has 1 aliphatic rings.